The Morgan fingerprint density at radius 1 is 1.15 bits per heavy atom. The first kappa shape index (κ1) is 19.3. The molecule has 3 rings (SSSR count). The number of hydrogen-bond acceptors (Lipinski definition) is 2. The number of carbonyl (C=O) groups excluding carboxylic acids is 1. The lowest BCUT2D eigenvalue weighted by Crippen LogP contribution is -2.11. The van der Waals surface area contributed by atoms with E-state index in [4.69, 9.17) is 4.74 Å². The van der Waals surface area contributed by atoms with Crippen molar-refractivity contribution < 1.29 is 22.7 Å². The van der Waals surface area contributed by atoms with Gasteiger partial charge in [0.2, 0.25) is 0 Å². The number of ether oxygens (including phenoxy) is 1. The molecule has 0 radical (unpaired) electrons. The molecule has 3 aromatic rings. The number of alkyl halides is 3. The van der Waals surface area contributed by atoms with Crippen molar-refractivity contribution in [3.05, 3.63) is 58.7 Å². The van der Waals surface area contributed by atoms with Gasteiger partial charge in [-0.05, 0) is 48.9 Å². The molecular weight excluding hydrogens is 425 g/mol. The molecule has 142 valence electrons. The minimum atomic E-state index is -4.18. The molecule has 2 N–H and O–H groups in total. The van der Waals surface area contributed by atoms with Gasteiger partial charge in [0, 0.05) is 33.6 Å². The topological polar surface area (TPSA) is 54.1 Å². The summed E-state index contributed by atoms with van der Waals surface area (Å²) in [6.07, 6.45) is -3.45. The van der Waals surface area contributed by atoms with Gasteiger partial charge in [0.25, 0.3) is 5.91 Å². The van der Waals surface area contributed by atoms with E-state index in [2.05, 4.69) is 26.2 Å². The molecule has 0 atom stereocenters. The molecule has 0 unspecified atom stereocenters. The minimum Gasteiger partial charge on any atom is -0.494 e. The van der Waals surface area contributed by atoms with E-state index in [1.807, 2.05) is 18.2 Å². The number of rotatable bonds is 6. The monoisotopic (exact) mass is 440 g/mol. The fourth-order valence-corrected chi connectivity index (χ4v) is 2.92. The second-order valence-corrected chi connectivity index (χ2v) is 6.85. The Balaban J connectivity index is 1.59. The molecule has 1 heterocycles. The zero-order chi connectivity index (χ0) is 19.4. The average molecular weight is 441 g/mol. The fourth-order valence-electron chi connectivity index (χ4n) is 2.56. The summed E-state index contributed by atoms with van der Waals surface area (Å²) in [6.45, 7) is -0.0325. The predicted molar refractivity (Wildman–Crippen MR) is 101 cm³/mol. The Hall–Kier alpha value is -2.48. The normalized spacial score (nSPS) is 11.6. The Kier molecular flexibility index (Phi) is 5.74. The lowest BCUT2D eigenvalue weighted by Gasteiger charge is -2.09. The summed E-state index contributed by atoms with van der Waals surface area (Å²) >= 11 is 3.40. The largest absolute Gasteiger partial charge is 0.494 e. The Bertz CT molecular complexity index is 936. The molecule has 0 saturated heterocycles. The summed E-state index contributed by atoms with van der Waals surface area (Å²) < 4.78 is 42.5. The van der Waals surface area contributed by atoms with Crippen molar-refractivity contribution in [1.82, 2.24) is 4.98 Å². The van der Waals surface area contributed by atoms with Crippen LogP contribution in [0.15, 0.2) is 53.1 Å². The van der Waals surface area contributed by atoms with Crippen molar-refractivity contribution >= 4 is 38.4 Å². The summed E-state index contributed by atoms with van der Waals surface area (Å²) in [5, 5.41) is 3.72. The van der Waals surface area contributed by atoms with Crippen LogP contribution in [-0.4, -0.2) is 23.7 Å². The molecule has 0 aliphatic carbocycles. The van der Waals surface area contributed by atoms with Gasteiger partial charge in [-0.3, -0.25) is 4.79 Å². The molecule has 8 heteroatoms. The van der Waals surface area contributed by atoms with Gasteiger partial charge in [0.1, 0.15) is 5.75 Å². The third-order valence-corrected chi connectivity index (χ3v) is 4.38. The molecule has 0 spiro atoms. The third-order valence-electron chi connectivity index (χ3n) is 3.88. The Morgan fingerprint density at radius 2 is 1.89 bits per heavy atom. The molecule has 0 saturated carbocycles. The molecule has 0 aliphatic heterocycles. The van der Waals surface area contributed by atoms with Gasteiger partial charge in [0.15, 0.2) is 0 Å². The number of benzene rings is 2. The number of halogens is 4. The Morgan fingerprint density at radius 3 is 2.59 bits per heavy atom. The van der Waals surface area contributed by atoms with Crippen LogP contribution in [0.4, 0.5) is 18.9 Å². The van der Waals surface area contributed by atoms with E-state index in [-0.39, 0.29) is 18.9 Å². The first-order chi connectivity index (χ1) is 12.8. The van der Waals surface area contributed by atoms with Crippen LogP contribution >= 0.6 is 15.9 Å². The summed E-state index contributed by atoms with van der Waals surface area (Å²) in [5.74, 6) is 0.129. The van der Waals surface area contributed by atoms with E-state index in [1.54, 1.807) is 30.5 Å². The second kappa shape index (κ2) is 8.04. The van der Waals surface area contributed by atoms with E-state index in [0.29, 0.717) is 17.0 Å². The van der Waals surface area contributed by atoms with Crippen LogP contribution in [0.2, 0.25) is 0 Å². The number of nitrogens with one attached hydrogen (secondary N) is 2. The van der Waals surface area contributed by atoms with Crippen LogP contribution < -0.4 is 10.1 Å². The fraction of sp³-hybridized carbons (Fsp3) is 0.211. The van der Waals surface area contributed by atoms with Gasteiger partial charge in [-0.15, -0.1) is 0 Å². The smallest absolute Gasteiger partial charge is 0.389 e. The van der Waals surface area contributed by atoms with Crippen molar-refractivity contribution in [2.45, 2.75) is 19.0 Å². The highest BCUT2D eigenvalue weighted by Gasteiger charge is 2.26. The quantitative estimate of drug-likeness (QED) is 0.468. The highest BCUT2D eigenvalue weighted by molar-refractivity contribution is 9.10. The van der Waals surface area contributed by atoms with Crippen molar-refractivity contribution in [2.75, 3.05) is 11.9 Å². The maximum atomic E-state index is 12.4. The number of carbonyl (C=O) groups is 1. The number of amides is 1. The van der Waals surface area contributed by atoms with Crippen LogP contribution in [-0.2, 0) is 0 Å². The number of aromatic nitrogens is 1. The Labute approximate surface area is 161 Å². The minimum absolute atomic E-state index is 0.0325. The summed E-state index contributed by atoms with van der Waals surface area (Å²) in [7, 11) is 0. The molecule has 1 aromatic heterocycles. The highest BCUT2D eigenvalue weighted by atomic mass is 79.9. The van der Waals surface area contributed by atoms with Crippen LogP contribution in [0, 0.1) is 0 Å². The molecule has 0 bridgehead atoms. The van der Waals surface area contributed by atoms with Gasteiger partial charge in [-0.25, -0.2) is 0 Å². The van der Waals surface area contributed by atoms with Crippen molar-refractivity contribution in [3.63, 3.8) is 0 Å². The molecule has 27 heavy (non-hydrogen) atoms. The molecule has 2 aromatic carbocycles. The van der Waals surface area contributed by atoms with Crippen molar-refractivity contribution in [3.8, 4) is 5.75 Å². The number of anilines is 1. The maximum Gasteiger partial charge on any atom is 0.389 e. The third kappa shape index (κ3) is 5.26. The summed E-state index contributed by atoms with van der Waals surface area (Å²) in [5.41, 5.74) is 1.97. The molecule has 0 fully saturated rings. The van der Waals surface area contributed by atoms with Crippen LogP contribution in [0.25, 0.3) is 10.9 Å². The zero-order valence-electron chi connectivity index (χ0n) is 14.1. The van der Waals surface area contributed by atoms with Crippen molar-refractivity contribution in [2.24, 2.45) is 0 Å². The second-order valence-electron chi connectivity index (χ2n) is 5.94. The predicted octanol–water partition coefficient (Wildman–Crippen LogP) is 5.90. The highest BCUT2D eigenvalue weighted by Crippen LogP contribution is 2.27. The first-order valence-electron chi connectivity index (χ1n) is 8.19. The van der Waals surface area contributed by atoms with Gasteiger partial charge in [0.05, 0.1) is 12.3 Å². The summed E-state index contributed by atoms with van der Waals surface area (Å²) in [6, 6.07) is 12.0. The average Bonchev–Trinajstić information content (AvgIpc) is 3.00. The van der Waals surface area contributed by atoms with Gasteiger partial charge >= 0.3 is 6.18 Å². The van der Waals surface area contributed by atoms with E-state index < -0.39 is 12.6 Å². The molecular formula is C19H16BrF3N2O2. The van der Waals surface area contributed by atoms with E-state index in [0.717, 1.165) is 15.4 Å². The number of H-pyrrole nitrogens is 1. The lowest BCUT2D eigenvalue weighted by molar-refractivity contribution is -0.136. The van der Waals surface area contributed by atoms with Gasteiger partial charge in [-0.2, -0.15) is 13.2 Å². The van der Waals surface area contributed by atoms with Crippen molar-refractivity contribution in [1.29, 1.82) is 0 Å². The lowest BCUT2D eigenvalue weighted by atomic mass is 10.2. The first-order valence-corrected chi connectivity index (χ1v) is 8.99. The SMILES string of the molecule is O=C(Nc1c[nH]c2ccc(Br)cc12)c1ccc(OCCCC(F)(F)F)cc1. The zero-order valence-corrected chi connectivity index (χ0v) is 15.7. The van der Waals surface area contributed by atoms with Crippen LogP contribution in [0.5, 0.6) is 5.75 Å². The van der Waals surface area contributed by atoms with Crippen LogP contribution in [0.3, 0.4) is 0 Å². The van der Waals surface area contributed by atoms with E-state index in [9.17, 15) is 18.0 Å². The standard InChI is InChI=1S/C19H16BrF3N2O2/c20-13-4-7-16-15(10-13)17(11-24-16)25-18(26)12-2-5-14(6-3-12)27-9-1-8-19(21,22)23/h2-7,10-11,24H,1,8-9H2,(H,25,26). The van der Waals surface area contributed by atoms with Gasteiger partial charge < -0.3 is 15.0 Å². The number of fused-ring (bicyclic) bond motifs is 1. The number of aromatic amines is 1. The van der Waals surface area contributed by atoms with Crippen LogP contribution in [0.1, 0.15) is 23.2 Å². The molecule has 4 nitrogen and oxygen atoms in total. The van der Waals surface area contributed by atoms with Gasteiger partial charge in [-0.1, -0.05) is 15.9 Å². The summed E-state index contributed by atoms with van der Waals surface area (Å²) in [4.78, 5) is 15.5. The molecule has 0 aliphatic rings. The number of hydrogen-bond donors (Lipinski definition) is 2. The molecule has 1 amide bonds. The van der Waals surface area contributed by atoms with E-state index in [1.165, 1.54) is 0 Å². The van der Waals surface area contributed by atoms with E-state index >= 15 is 0 Å². The maximum absolute atomic E-state index is 12.4.